The highest BCUT2D eigenvalue weighted by Gasteiger charge is 2.30. The van der Waals surface area contributed by atoms with Gasteiger partial charge in [-0.15, -0.1) is 0 Å². The molecule has 6 heteroatoms. The van der Waals surface area contributed by atoms with Gasteiger partial charge in [-0.3, -0.25) is 15.0 Å². The largest absolute Gasteiger partial charge is 0.390 e. The number of aliphatic hydroxyl groups is 1. The Bertz CT molecular complexity index is 883. The van der Waals surface area contributed by atoms with Crippen molar-refractivity contribution >= 4 is 0 Å². The fourth-order valence-corrected chi connectivity index (χ4v) is 4.17. The van der Waals surface area contributed by atoms with Crippen molar-refractivity contribution in [2.75, 3.05) is 26.7 Å². The average molecular weight is 392 g/mol. The van der Waals surface area contributed by atoms with E-state index in [9.17, 15) is 5.11 Å². The Morgan fingerprint density at radius 1 is 1.17 bits per heavy atom. The minimum Gasteiger partial charge on any atom is -0.390 e. The molecule has 1 fully saturated rings. The molecule has 1 saturated heterocycles. The van der Waals surface area contributed by atoms with Crippen LogP contribution < -0.4 is 0 Å². The Morgan fingerprint density at radius 3 is 2.76 bits per heavy atom. The molecule has 4 rings (SSSR count). The summed E-state index contributed by atoms with van der Waals surface area (Å²) in [4.78, 5) is 9.00. The van der Waals surface area contributed by atoms with Crippen LogP contribution in [0, 0.1) is 0 Å². The second kappa shape index (κ2) is 9.31. The molecule has 152 valence electrons. The maximum Gasteiger partial charge on any atom is 0.0822 e. The fraction of sp³-hybridized carbons (Fsp3) is 0.391. The highest BCUT2D eigenvalue weighted by molar-refractivity contribution is 5.62. The van der Waals surface area contributed by atoms with Crippen LogP contribution in [0.4, 0.5) is 0 Å². The van der Waals surface area contributed by atoms with E-state index in [4.69, 9.17) is 0 Å². The number of nitrogens with zero attached hydrogens (tertiary/aromatic N) is 4. The van der Waals surface area contributed by atoms with E-state index in [1.807, 2.05) is 42.7 Å². The number of aliphatic hydroxyl groups excluding tert-OH is 1. The predicted molar refractivity (Wildman–Crippen MR) is 114 cm³/mol. The number of rotatable bonds is 7. The quantitative estimate of drug-likeness (QED) is 0.648. The summed E-state index contributed by atoms with van der Waals surface area (Å²) < 4.78 is 0. The number of hydrogen-bond donors (Lipinski definition) is 2. The minimum absolute atomic E-state index is 0.188. The van der Waals surface area contributed by atoms with E-state index in [1.54, 1.807) is 0 Å². The molecule has 1 aliphatic heterocycles. The summed E-state index contributed by atoms with van der Waals surface area (Å²) in [6, 6.07) is 16.5. The molecule has 0 bridgehead atoms. The molecule has 0 unspecified atom stereocenters. The first kappa shape index (κ1) is 19.8. The van der Waals surface area contributed by atoms with Crippen LogP contribution in [0.3, 0.4) is 0 Å². The molecule has 0 spiro atoms. The second-order valence-electron chi connectivity index (χ2n) is 7.85. The number of likely N-dealkylation sites (N-methyl/N-ethyl adjacent to an activating group) is 1. The topological polar surface area (TPSA) is 68.3 Å². The van der Waals surface area contributed by atoms with E-state index in [-0.39, 0.29) is 12.1 Å². The summed E-state index contributed by atoms with van der Waals surface area (Å²) in [5.74, 6) is 0. The van der Waals surface area contributed by atoms with Gasteiger partial charge < -0.3 is 10.0 Å². The van der Waals surface area contributed by atoms with Gasteiger partial charge in [-0.25, -0.2) is 0 Å². The number of piperidine rings is 1. The number of benzene rings is 1. The number of likely N-dealkylation sites (tertiary alicyclic amines) is 1. The van der Waals surface area contributed by atoms with Gasteiger partial charge in [0.1, 0.15) is 0 Å². The van der Waals surface area contributed by atoms with Crippen LogP contribution in [0.25, 0.3) is 11.3 Å². The van der Waals surface area contributed by atoms with Crippen molar-refractivity contribution in [3.8, 4) is 11.3 Å². The van der Waals surface area contributed by atoms with Crippen LogP contribution in [-0.2, 0) is 13.0 Å². The fourth-order valence-electron chi connectivity index (χ4n) is 4.17. The molecular weight excluding hydrogens is 362 g/mol. The normalized spacial score (nSPS) is 20.2. The number of H-pyrrole nitrogens is 1. The van der Waals surface area contributed by atoms with Crippen molar-refractivity contribution in [1.82, 2.24) is 25.0 Å². The maximum absolute atomic E-state index is 10.8. The van der Waals surface area contributed by atoms with Gasteiger partial charge in [-0.2, -0.15) is 5.10 Å². The summed E-state index contributed by atoms with van der Waals surface area (Å²) in [5.41, 5.74) is 4.48. The third-order valence-corrected chi connectivity index (χ3v) is 5.82. The summed E-state index contributed by atoms with van der Waals surface area (Å²) >= 11 is 0. The second-order valence-corrected chi connectivity index (χ2v) is 7.85. The number of aromatic nitrogens is 3. The Hall–Kier alpha value is -2.54. The van der Waals surface area contributed by atoms with Crippen molar-refractivity contribution in [2.24, 2.45) is 0 Å². The third kappa shape index (κ3) is 4.90. The molecule has 0 saturated carbocycles. The third-order valence-electron chi connectivity index (χ3n) is 5.82. The summed E-state index contributed by atoms with van der Waals surface area (Å²) in [5, 5.41) is 18.2. The van der Waals surface area contributed by atoms with Gasteiger partial charge in [-0.1, -0.05) is 36.4 Å². The number of β-amino-alcohol motifs (C(OH)–C–C–N with tert-alkyl or cyclic N) is 1. The van der Waals surface area contributed by atoms with Crippen LogP contribution >= 0.6 is 0 Å². The first-order chi connectivity index (χ1) is 14.2. The molecule has 2 aromatic heterocycles. The average Bonchev–Trinajstić information content (AvgIpc) is 3.21. The van der Waals surface area contributed by atoms with Gasteiger partial charge in [0.25, 0.3) is 0 Å². The Kier molecular flexibility index (Phi) is 6.34. The molecular formula is C23H29N5O. The zero-order valence-corrected chi connectivity index (χ0v) is 16.9. The molecule has 3 heterocycles. The van der Waals surface area contributed by atoms with E-state index in [0.29, 0.717) is 6.54 Å². The zero-order valence-electron chi connectivity index (χ0n) is 16.9. The summed E-state index contributed by atoms with van der Waals surface area (Å²) in [6.45, 7) is 3.34. The van der Waals surface area contributed by atoms with Gasteiger partial charge in [0, 0.05) is 56.1 Å². The molecule has 0 aliphatic carbocycles. The Labute approximate surface area is 172 Å². The van der Waals surface area contributed by atoms with Crippen molar-refractivity contribution in [1.29, 1.82) is 0 Å². The SMILES string of the molecule is CN(CCc1ccccn1)[C@@H]1CCN(Cc2cn[nH]c2-c2ccccc2)C[C@H]1O. The van der Waals surface area contributed by atoms with Crippen LogP contribution in [-0.4, -0.2) is 68.9 Å². The Balaban J connectivity index is 1.32. The van der Waals surface area contributed by atoms with Crippen LogP contribution in [0.2, 0.25) is 0 Å². The van der Waals surface area contributed by atoms with Crippen molar-refractivity contribution in [3.05, 3.63) is 72.2 Å². The molecule has 1 aromatic carbocycles. The Morgan fingerprint density at radius 2 is 2.00 bits per heavy atom. The lowest BCUT2D eigenvalue weighted by molar-refractivity contribution is -0.00615. The lowest BCUT2D eigenvalue weighted by Crippen LogP contribution is -2.53. The monoisotopic (exact) mass is 391 g/mol. The number of aromatic amines is 1. The van der Waals surface area contributed by atoms with Gasteiger partial charge in [0.15, 0.2) is 0 Å². The standard InChI is InChI=1S/C23H29N5O/c1-27(13-10-20-9-5-6-12-24-20)21-11-14-28(17-22(21)29)16-19-15-25-26-23(19)18-7-3-2-4-8-18/h2-9,12,15,21-22,29H,10-11,13-14,16-17H2,1H3,(H,25,26)/t21-,22-/m1/s1. The van der Waals surface area contributed by atoms with E-state index >= 15 is 0 Å². The molecule has 6 nitrogen and oxygen atoms in total. The maximum atomic E-state index is 10.8. The van der Waals surface area contributed by atoms with Crippen LogP contribution in [0.1, 0.15) is 17.7 Å². The summed E-state index contributed by atoms with van der Waals surface area (Å²) in [7, 11) is 2.11. The predicted octanol–water partition coefficient (Wildman–Crippen LogP) is 2.58. The van der Waals surface area contributed by atoms with E-state index in [1.165, 1.54) is 5.56 Å². The van der Waals surface area contributed by atoms with Crippen molar-refractivity contribution in [3.63, 3.8) is 0 Å². The van der Waals surface area contributed by atoms with Crippen molar-refractivity contribution < 1.29 is 5.11 Å². The molecule has 0 radical (unpaired) electrons. The number of nitrogens with one attached hydrogen (secondary N) is 1. The highest BCUT2D eigenvalue weighted by Crippen LogP contribution is 2.24. The van der Waals surface area contributed by atoms with E-state index in [2.05, 4.69) is 50.2 Å². The lowest BCUT2D eigenvalue weighted by Gasteiger charge is -2.40. The molecule has 1 aliphatic rings. The first-order valence-corrected chi connectivity index (χ1v) is 10.3. The molecule has 3 aromatic rings. The highest BCUT2D eigenvalue weighted by atomic mass is 16.3. The molecule has 0 amide bonds. The smallest absolute Gasteiger partial charge is 0.0822 e. The number of pyridine rings is 1. The minimum atomic E-state index is -0.357. The molecule has 29 heavy (non-hydrogen) atoms. The van der Waals surface area contributed by atoms with Gasteiger partial charge in [0.05, 0.1) is 18.0 Å². The van der Waals surface area contributed by atoms with Crippen LogP contribution in [0.15, 0.2) is 60.9 Å². The van der Waals surface area contributed by atoms with E-state index in [0.717, 1.165) is 49.4 Å². The van der Waals surface area contributed by atoms with Crippen molar-refractivity contribution in [2.45, 2.75) is 31.5 Å². The van der Waals surface area contributed by atoms with E-state index < -0.39 is 0 Å². The van der Waals surface area contributed by atoms with Crippen LogP contribution in [0.5, 0.6) is 0 Å². The summed E-state index contributed by atoms with van der Waals surface area (Å²) in [6.07, 6.45) is 5.24. The van der Waals surface area contributed by atoms with Gasteiger partial charge in [0.2, 0.25) is 0 Å². The number of hydrogen-bond acceptors (Lipinski definition) is 5. The molecule has 2 N–H and O–H groups in total. The zero-order chi connectivity index (χ0) is 20.1. The first-order valence-electron chi connectivity index (χ1n) is 10.3. The molecule has 2 atom stereocenters. The van der Waals surface area contributed by atoms with Gasteiger partial charge in [-0.05, 0) is 31.2 Å². The van der Waals surface area contributed by atoms with Gasteiger partial charge >= 0.3 is 0 Å². The lowest BCUT2D eigenvalue weighted by atomic mass is 9.99.